The lowest BCUT2D eigenvalue weighted by molar-refractivity contribution is 1.33. The van der Waals surface area contributed by atoms with Crippen molar-refractivity contribution >= 4 is 17.3 Å². The van der Waals surface area contributed by atoms with Gasteiger partial charge in [-0.2, -0.15) is 0 Å². The van der Waals surface area contributed by atoms with Crippen LogP contribution in [0, 0.1) is 0 Å². The smallest absolute Gasteiger partial charge is 0.127 e. The van der Waals surface area contributed by atoms with Gasteiger partial charge in [0, 0.05) is 24.9 Å². The van der Waals surface area contributed by atoms with Gasteiger partial charge in [-0.3, -0.25) is 0 Å². The molecule has 0 aliphatic carbocycles. The van der Waals surface area contributed by atoms with Crippen molar-refractivity contribution < 1.29 is 0 Å². The number of nitrogens with zero attached hydrogens (tertiary/aromatic N) is 1. The van der Waals surface area contributed by atoms with Crippen LogP contribution in [0.25, 0.3) is 0 Å². The van der Waals surface area contributed by atoms with Crippen LogP contribution in [0.15, 0.2) is 12.1 Å². The van der Waals surface area contributed by atoms with Crippen molar-refractivity contribution in [2.45, 2.75) is 0 Å². The third-order valence-corrected chi connectivity index (χ3v) is 1.15. The number of anilines is 3. The molecule has 0 amide bonds. The molecule has 4 heteroatoms. The molecule has 0 bridgehead atoms. The van der Waals surface area contributed by atoms with Crippen molar-refractivity contribution in [3.63, 3.8) is 0 Å². The SMILES string of the molecule is CNc1cc(N)nc(N)c1. The topological polar surface area (TPSA) is 77.0 Å². The van der Waals surface area contributed by atoms with Crippen LogP contribution in [0.4, 0.5) is 17.3 Å². The zero-order valence-corrected chi connectivity index (χ0v) is 5.76. The molecule has 0 spiro atoms. The lowest BCUT2D eigenvalue weighted by Crippen LogP contribution is -1.98. The number of rotatable bonds is 1. The van der Waals surface area contributed by atoms with Crippen LogP contribution in [0.5, 0.6) is 0 Å². The van der Waals surface area contributed by atoms with Crippen LogP contribution < -0.4 is 16.8 Å². The van der Waals surface area contributed by atoms with E-state index in [4.69, 9.17) is 11.5 Å². The van der Waals surface area contributed by atoms with Gasteiger partial charge >= 0.3 is 0 Å². The lowest BCUT2D eigenvalue weighted by Gasteiger charge is -2.01. The van der Waals surface area contributed by atoms with E-state index in [0.717, 1.165) is 5.69 Å². The largest absolute Gasteiger partial charge is 0.388 e. The molecule has 1 rings (SSSR count). The van der Waals surface area contributed by atoms with E-state index in [1.165, 1.54) is 0 Å². The van der Waals surface area contributed by atoms with E-state index in [1.807, 2.05) is 0 Å². The van der Waals surface area contributed by atoms with Crippen LogP contribution in [0.2, 0.25) is 0 Å². The molecule has 4 nitrogen and oxygen atoms in total. The van der Waals surface area contributed by atoms with E-state index in [1.54, 1.807) is 19.2 Å². The minimum atomic E-state index is 0.435. The molecule has 0 saturated heterocycles. The Morgan fingerprint density at radius 2 is 1.80 bits per heavy atom. The second kappa shape index (κ2) is 2.43. The summed E-state index contributed by atoms with van der Waals surface area (Å²) in [5.41, 5.74) is 11.7. The first-order valence-corrected chi connectivity index (χ1v) is 2.93. The highest BCUT2D eigenvalue weighted by Gasteiger charge is 1.93. The summed E-state index contributed by atoms with van der Waals surface area (Å²) < 4.78 is 0. The molecule has 54 valence electrons. The summed E-state index contributed by atoms with van der Waals surface area (Å²) in [6.45, 7) is 0. The molecule has 1 heterocycles. The molecule has 5 N–H and O–H groups in total. The molecule has 10 heavy (non-hydrogen) atoms. The first-order valence-electron chi connectivity index (χ1n) is 2.93. The van der Waals surface area contributed by atoms with Gasteiger partial charge in [0.05, 0.1) is 0 Å². The highest BCUT2D eigenvalue weighted by Crippen LogP contribution is 2.12. The van der Waals surface area contributed by atoms with Gasteiger partial charge in [-0.25, -0.2) is 4.98 Å². The fourth-order valence-electron chi connectivity index (χ4n) is 0.718. The first kappa shape index (κ1) is 6.67. The molecule has 0 fully saturated rings. The minimum Gasteiger partial charge on any atom is -0.388 e. The number of pyridine rings is 1. The third-order valence-electron chi connectivity index (χ3n) is 1.15. The van der Waals surface area contributed by atoms with Crippen LogP contribution in [-0.4, -0.2) is 12.0 Å². The Morgan fingerprint density at radius 1 is 1.30 bits per heavy atom. The zero-order valence-electron chi connectivity index (χ0n) is 5.76. The van der Waals surface area contributed by atoms with Gasteiger partial charge in [-0.05, 0) is 0 Å². The van der Waals surface area contributed by atoms with E-state index >= 15 is 0 Å². The maximum Gasteiger partial charge on any atom is 0.127 e. The van der Waals surface area contributed by atoms with Crippen molar-refractivity contribution in [1.82, 2.24) is 4.98 Å². The molecule has 1 aromatic rings. The molecule has 0 aliphatic rings. The lowest BCUT2D eigenvalue weighted by atomic mass is 10.4. The van der Waals surface area contributed by atoms with Gasteiger partial charge < -0.3 is 16.8 Å². The standard InChI is InChI=1S/C6H10N4/c1-9-4-2-5(7)10-6(8)3-4/h2-3H,1H3,(H5,7,8,9,10). The predicted octanol–water partition coefficient (Wildman–Crippen LogP) is 0.288. The van der Waals surface area contributed by atoms with E-state index in [0.29, 0.717) is 11.6 Å². The van der Waals surface area contributed by atoms with Gasteiger partial charge in [-0.1, -0.05) is 0 Å². The van der Waals surface area contributed by atoms with Gasteiger partial charge in [0.25, 0.3) is 0 Å². The Kier molecular flexibility index (Phi) is 1.62. The Labute approximate surface area is 59.2 Å². The number of nitrogen functional groups attached to an aromatic ring is 2. The monoisotopic (exact) mass is 138 g/mol. The number of hydrogen-bond donors (Lipinski definition) is 3. The van der Waals surface area contributed by atoms with Crippen LogP contribution in [0.3, 0.4) is 0 Å². The van der Waals surface area contributed by atoms with Crippen LogP contribution >= 0.6 is 0 Å². The second-order valence-electron chi connectivity index (χ2n) is 1.96. The van der Waals surface area contributed by atoms with Crippen molar-refractivity contribution in [2.24, 2.45) is 0 Å². The minimum absolute atomic E-state index is 0.435. The fraction of sp³-hybridized carbons (Fsp3) is 0.167. The molecule has 0 saturated carbocycles. The summed E-state index contributed by atoms with van der Waals surface area (Å²) in [6, 6.07) is 3.44. The van der Waals surface area contributed by atoms with Crippen molar-refractivity contribution in [1.29, 1.82) is 0 Å². The highest BCUT2D eigenvalue weighted by atomic mass is 14.9. The summed E-state index contributed by atoms with van der Waals surface area (Å²) in [7, 11) is 1.80. The zero-order chi connectivity index (χ0) is 7.56. The van der Waals surface area contributed by atoms with Crippen LogP contribution in [0.1, 0.15) is 0 Å². The molecule has 0 radical (unpaired) electrons. The Morgan fingerprint density at radius 3 is 2.20 bits per heavy atom. The Bertz CT molecular complexity index is 213. The average molecular weight is 138 g/mol. The normalized spacial score (nSPS) is 9.30. The van der Waals surface area contributed by atoms with Gasteiger partial charge in [-0.15, -0.1) is 0 Å². The number of hydrogen-bond acceptors (Lipinski definition) is 4. The molecule has 0 atom stereocenters. The molecule has 0 aromatic carbocycles. The molecular formula is C6H10N4. The Hall–Kier alpha value is -1.45. The van der Waals surface area contributed by atoms with E-state index in [2.05, 4.69) is 10.3 Å². The van der Waals surface area contributed by atoms with Gasteiger partial charge in [0.2, 0.25) is 0 Å². The highest BCUT2D eigenvalue weighted by molar-refractivity contribution is 5.56. The predicted molar refractivity (Wildman–Crippen MR) is 42.6 cm³/mol. The third kappa shape index (κ3) is 1.28. The summed E-state index contributed by atoms with van der Waals surface area (Å²) >= 11 is 0. The summed E-state index contributed by atoms with van der Waals surface area (Å²) in [6.07, 6.45) is 0. The number of aromatic nitrogens is 1. The van der Waals surface area contributed by atoms with Gasteiger partial charge in [0.1, 0.15) is 11.6 Å². The maximum atomic E-state index is 5.40. The summed E-state index contributed by atoms with van der Waals surface area (Å²) in [4.78, 5) is 3.80. The second-order valence-corrected chi connectivity index (χ2v) is 1.96. The average Bonchev–Trinajstić information content (AvgIpc) is 1.85. The molecular weight excluding hydrogens is 128 g/mol. The quantitative estimate of drug-likeness (QED) is 0.521. The summed E-state index contributed by atoms with van der Waals surface area (Å²) in [5, 5.41) is 2.91. The molecule has 0 aliphatic heterocycles. The first-order chi connectivity index (χ1) is 4.72. The maximum absolute atomic E-state index is 5.40. The van der Waals surface area contributed by atoms with Crippen molar-refractivity contribution in [3.8, 4) is 0 Å². The van der Waals surface area contributed by atoms with E-state index in [-0.39, 0.29) is 0 Å². The fourth-order valence-corrected chi connectivity index (χ4v) is 0.718. The summed E-state index contributed by atoms with van der Waals surface area (Å²) in [5.74, 6) is 0.869. The number of nitrogens with one attached hydrogen (secondary N) is 1. The van der Waals surface area contributed by atoms with E-state index in [9.17, 15) is 0 Å². The van der Waals surface area contributed by atoms with Crippen molar-refractivity contribution in [3.05, 3.63) is 12.1 Å². The van der Waals surface area contributed by atoms with E-state index < -0.39 is 0 Å². The van der Waals surface area contributed by atoms with Gasteiger partial charge in [0.15, 0.2) is 0 Å². The molecule has 1 aromatic heterocycles. The van der Waals surface area contributed by atoms with Crippen LogP contribution in [-0.2, 0) is 0 Å². The number of nitrogens with two attached hydrogens (primary N) is 2. The molecule has 0 unspecified atom stereocenters. The Balaban J connectivity index is 3.06. The van der Waals surface area contributed by atoms with Crippen molar-refractivity contribution in [2.75, 3.05) is 23.8 Å².